The molecule has 0 radical (unpaired) electrons. The second-order valence-corrected chi connectivity index (χ2v) is 8.53. The molecule has 0 aliphatic heterocycles. The fourth-order valence-corrected chi connectivity index (χ4v) is 4.30. The minimum atomic E-state index is -0.224. The average molecular weight is 496 g/mol. The van der Waals surface area contributed by atoms with Crippen LogP contribution in [0.2, 0.25) is 0 Å². The maximum atomic E-state index is 12.5. The lowest BCUT2D eigenvalue weighted by Gasteiger charge is -2.11. The maximum absolute atomic E-state index is 12.5. The molecule has 5 rings (SSSR count). The highest BCUT2D eigenvalue weighted by Gasteiger charge is 2.14. The van der Waals surface area contributed by atoms with E-state index in [0.717, 1.165) is 28.5 Å². The van der Waals surface area contributed by atoms with Crippen LogP contribution in [-0.2, 0) is 13.1 Å². The van der Waals surface area contributed by atoms with Crippen molar-refractivity contribution in [1.82, 2.24) is 19.3 Å². The van der Waals surface area contributed by atoms with Crippen molar-refractivity contribution in [2.24, 2.45) is 0 Å². The third-order valence-electron chi connectivity index (χ3n) is 6.13. The molecule has 0 atom stereocenters. The summed E-state index contributed by atoms with van der Waals surface area (Å²) >= 11 is 0. The number of carbonyl (C=O) groups is 1. The summed E-state index contributed by atoms with van der Waals surface area (Å²) in [5.74, 6) is 1.55. The third kappa shape index (κ3) is 4.79. The monoisotopic (exact) mass is 495 g/mol. The van der Waals surface area contributed by atoms with E-state index in [9.17, 15) is 9.59 Å². The number of hydrogen-bond acceptors (Lipinski definition) is 7. The Hall–Kier alpha value is -4.92. The van der Waals surface area contributed by atoms with Crippen LogP contribution in [0.4, 0.5) is 5.95 Å². The second-order valence-electron chi connectivity index (χ2n) is 8.53. The molecule has 0 aliphatic rings. The first-order chi connectivity index (χ1) is 18.0. The van der Waals surface area contributed by atoms with Gasteiger partial charge in [-0.15, -0.1) is 0 Å². The number of fused-ring (bicyclic) bond motifs is 1. The van der Waals surface area contributed by atoms with Gasteiger partial charge in [0, 0.05) is 29.3 Å². The number of nitrogens with zero attached hydrogens (tertiary/aromatic N) is 4. The van der Waals surface area contributed by atoms with Gasteiger partial charge in [0.25, 0.3) is 5.56 Å². The van der Waals surface area contributed by atoms with Gasteiger partial charge < -0.3 is 19.8 Å². The zero-order valence-corrected chi connectivity index (χ0v) is 20.4. The number of hydrogen-bond donors (Lipinski definition) is 1. The van der Waals surface area contributed by atoms with Crippen molar-refractivity contribution in [2.45, 2.75) is 13.1 Å². The van der Waals surface area contributed by atoms with Crippen LogP contribution in [0.5, 0.6) is 11.5 Å². The van der Waals surface area contributed by atoms with E-state index < -0.39 is 0 Å². The standard InChI is InChI=1S/C28H25N5O4/c1-36-25-13-23-24(14-26(25)37-2)32(28(29)30-23)15-19-6-4-8-21(12-19)22-9-10-27(35)33(31-22)16-18-5-3-7-20(11-18)17-34/h3-14,17H,15-16H2,1-2H3,(H2,29,30). The number of imidazole rings is 1. The summed E-state index contributed by atoms with van der Waals surface area (Å²) in [6.45, 7) is 0.737. The number of methoxy groups -OCH3 is 2. The number of carbonyl (C=O) groups excluding carboxylic acids is 1. The Balaban J connectivity index is 1.46. The van der Waals surface area contributed by atoms with Gasteiger partial charge in [0.2, 0.25) is 5.95 Å². The van der Waals surface area contributed by atoms with Crippen LogP contribution >= 0.6 is 0 Å². The van der Waals surface area contributed by atoms with E-state index in [-0.39, 0.29) is 12.1 Å². The summed E-state index contributed by atoms with van der Waals surface area (Å²) in [7, 11) is 3.16. The SMILES string of the molecule is COc1cc2nc(N)n(Cc3cccc(-c4ccc(=O)n(Cc5cccc(C=O)c5)n4)c3)c2cc1OC. The summed E-state index contributed by atoms with van der Waals surface area (Å²) in [5.41, 5.74) is 11.4. The number of nitrogens with two attached hydrogens (primary N) is 1. The highest BCUT2D eigenvalue weighted by atomic mass is 16.5. The minimum absolute atomic E-state index is 0.224. The molecule has 0 aliphatic carbocycles. The normalized spacial score (nSPS) is 11.0. The topological polar surface area (TPSA) is 114 Å². The molecular formula is C28H25N5O4. The van der Waals surface area contributed by atoms with Gasteiger partial charge in [-0.05, 0) is 29.3 Å². The van der Waals surface area contributed by atoms with Gasteiger partial charge >= 0.3 is 0 Å². The fourth-order valence-electron chi connectivity index (χ4n) is 4.30. The van der Waals surface area contributed by atoms with E-state index in [4.69, 9.17) is 15.2 Å². The van der Waals surface area contributed by atoms with Gasteiger partial charge in [-0.25, -0.2) is 9.67 Å². The lowest BCUT2D eigenvalue weighted by Crippen LogP contribution is -2.22. The smallest absolute Gasteiger partial charge is 0.267 e. The van der Waals surface area contributed by atoms with Crippen molar-refractivity contribution in [3.8, 4) is 22.8 Å². The predicted molar refractivity (Wildman–Crippen MR) is 141 cm³/mol. The number of benzene rings is 3. The summed E-state index contributed by atoms with van der Waals surface area (Å²) in [4.78, 5) is 28.1. The molecule has 2 heterocycles. The number of rotatable bonds is 8. The number of nitrogen functional groups attached to an aromatic ring is 1. The largest absolute Gasteiger partial charge is 0.493 e. The Morgan fingerprint density at radius 2 is 1.62 bits per heavy atom. The summed E-state index contributed by atoms with van der Waals surface area (Å²) in [6.07, 6.45) is 0.782. The molecule has 3 aromatic carbocycles. The van der Waals surface area contributed by atoms with Gasteiger partial charge in [0.1, 0.15) is 6.29 Å². The highest BCUT2D eigenvalue weighted by molar-refractivity contribution is 5.82. The highest BCUT2D eigenvalue weighted by Crippen LogP contribution is 2.33. The molecule has 0 unspecified atom stereocenters. The molecule has 9 nitrogen and oxygen atoms in total. The first-order valence-corrected chi connectivity index (χ1v) is 11.6. The summed E-state index contributed by atoms with van der Waals surface area (Å²) in [5, 5.41) is 4.58. The molecule has 9 heteroatoms. The first-order valence-electron chi connectivity index (χ1n) is 11.6. The van der Waals surface area contributed by atoms with Crippen LogP contribution in [0.3, 0.4) is 0 Å². The molecule has 2 N–H and O–H groups in total. The van der Waals surface area contributed by atoms with Crippen molar-refractivity contribution in [3.63, 3.8) is 0 Å². The average Bonchev–Trinajstić information content (AvgIpc) is 3.22. The third-order valence-corrected chi connectivity index (χ3v) is 6.13. The van der Waals surface area contributed by atoms with E-state index in [1.54, 1.807) is 44.6 Å². The van der Waals surface area contributed by atoms with Crippen molar-refractivity contribution < 1.29 is 14.3 Å². The van der Waals surface area contributed by atoms with Gasteiger partial charge in [-0.2, -0.15) is 5.10 Å². The van der Waals surface area contributed by atoms with Crippen molar-refractivity contribution >= 4 is 23.3 Å². The van der Waals surface area contributed by atoms with E-state index in [1.807, 2.05) is 41.0 Å². The van der Waals surface area contributed by atoms with Gasteiger partial charge in [0.15, 0.2) is 11.5 Å². The van der Waals surface area contributed by atoms with Crippen LogP contribution in [0, 0.1) is 0 Å². The molecule has 0 amide bonds. The second kappa shape index (κ2) is 9.98. The van der Waals surface area contributed by atoms with Crippen molar-refractivity contribution in [2.75, 3.05) is 20.0 Å². The number of ether oxygens (including phenoxy) is 2. The van der Waals surface area contributed by atoms with E-state index in [1.165, 1.54) is 10.7 Å². The molecule has 2 aromatic heterocycles. The fraction of sp³-hybridized carbons (Fsp3) is 0.143. The minimum Gasteiger partial charge on any atom is -0.493 e. The lowest BCUT2D eigenvalue weighted by molar-refractivity contribution is 0.112. The molecule has 37 heavy (non-hydrogen) atoms. The lowest BCUT2D eigenvalue weighted by atomic mass is 10.1. The molecule has 0 saturated heterocycles. The van der Waals surface area contributed by atoms with Crippen LogP contribution in [0.1, 0.15) is 21.5 Å². The van der Waals surface area contributed by atoms with Crippen LogP contribution in [0.15, 0.2) is 77.6 Å². The van der Waals surface area contributed by atoms with E-state index in [0.29, 0.717) is 40.8 Å². The van der Waals surface area contributed by atoms with E-state index in [2.05, 4.69) is 10.1 Å². The zero-order valence-electron chi connectivity index (χ0n) is 20.4. The predicted octanol–water partition coefficient (Wildman–Crippen LogP) is 3.77. The zero-order chi connectivity index (χ0) is 25.9. The Labute approximate surface area is 212 Å². The molecule has 0 fully saturated rings. The Morgan fingerprint density at radius 3 is 2.38 bits per heavy atom. The molecule has 0 spiro atoms. The Bertz CT molecular complexity index is 1670. The number of aromatic nitrogens is 4. The summed E-state index contributed by atoms with van der Waals surface area (Å²) in [6, 6.07) is 21.9. The van der Waals surface area contributed by atoms with Crippen LogP contribution < -0.4 is 20.8 Å². The maximum Gasteiger partial charge on any atom is 0.267 e. The van der Waals surface area contributed by atoms with Crippen molar-refractivity contribution in [3.05, 3.63) is 99.8 Å². The Kier molecular flexibility index (Phi) is 6.42. The molecular weight excluding hydrogens is 470 g/mol. The molecule has 186 valence electrons. The quantitative estimate of drug-likeness (QED) is 0.326. The van der Waals surface area contributed by atoms with Gasteiger partial charge in [0.05, 0.1) is 44.0 Å². The first kappa shape index (κ1) is 23.8. The molecule has 0 bridgehead atoms. The molecule has 5 aromatic rings. The van der Waals surface area contributed by atoms with Crippen LogP contribution in [0.25, 0.3) is 22.3 Å². The molecule has 0 saturated carbocycles. The number of anilines is 1. The van der Waals surface area contributed by atoms with Crippen LogP contribution in [-0.4, -0.2) is 39.8 Å². The van der Waals surface area contributed by atoms with Gasteiger partial charge in [-0.1, -0.05) is 36.4 Å². The van der Waals surface area contributed by atoms with Crippen molar-refractivity contribution in [1.29, 1.82) is 0 Å². The number of aldehydes is 1. The van der Waals surface area contributed by atoms with E-state index >= 15 is 0 Å². The summed E-state index contributed by atoms with van der Waals surface area (Å²) < 4.78 is 14.1. The van der Waals surface area contributed by atoms with Gasteiger partial charge in [-0.3, -0.25) is 9.59 Å². The Morgan fingerprint density at radius 1 is 0.892 bits per heavy atom.